The van der Waals surface area contributed by atoms with Gasteiger partial charge in [0, 0.05) is 17.9 Å². The van der Waals surface area contributed by atoms with E-state index in [0.717, 1.165) is 59.3 Å². The van der Waals surface area contributed by atoms with Crippen LogP contribution in [-0.4, -0.2) is 21.6 Å². The van der Waals surface area contributed by atoms with Crippen molar-refractivity contribution in [3.8, 4) is 0 Å². The number of hydrogen-bond acceptors (Lipinski definition) is 7. The van der Waals surface area contributed by atoms with Crippen LogP contribution in [0, 0.1) is 0 Å². The standard InChI is InChI=1S/3C5H10O2.H2O.Ti/c3*1-2-3-4-5(6)7;;/h3*2-4H2,1H3,(H,6,7);1H2;/q;;;;+4/p-4. The molecule has 0 atom stereocenters. The Morgan fingerprint density at radius 3 is 0.870 bits per heavy atom. The van der Waals surface area contributed by atoms with Gasteiger partial charge in [-0.1, -0.05) is 40.0 Å². The Labute approximate surface area is 151 Å². The summed E-state index contributed by atoms with van der Waals surface area (Å²) in [5.74, 6) is -2.83. The van der Waals surface area contributed by atoms with Gasteiger partial charge >= 0.3 is 24.5 Å². The van der Waals surface area contributed by atoms with Gasteiger partial charge in [0.25, 0.3) is 0 Å². The zero-order valence-corrected chi connectivity index (χ0v) is 15.8. The van der Waals surface area contributed by atoms with Crippen LogP contribution >= 0.6 is 0 Å². The average Bonchev–Trinajstić information content (AvgIpc) is 2.52. The molecule has 0 saturated carbocycles. The van der Waals surface area contributed by atoms with Gasteiger partial charge in [0.1, 0.15) is 0 Å². The molecule has 0 aliphatic carbocycles. The predicted octanol–water partition coefficient (Wildman–Crippen LogP) is -0.780. The third-order valence-corrected chi connectivity index (χ3v) is 2.20. The van der Waals surface area contributed by atoms with Gasteiger partial charge in [0.05, 0.1) is 0 Å². The van der Waals surface area contributed by atoms with E-state index in [1.54, 1.807) is 0 Å². The first-order chi connectivity index (χ1) is 10.8. The van der Waals surface area contributed by atoms with Crippen molar-refractivity contribution in [2.24, 2.45) is 0 Å². The van der Waals surface area contributed by atoms with Crippen LogP contribution in [0.2, 0.25) is 0 Å². The number of hydrogen-bond donors (Lipinski definition) is 1. The monoisotopic (exact) mass is 368 g/mol. The third-order valence-electron chi connectivity index (χ3n) is 2.20. The van der Waals surface area contributed by atoms with E-state index in [-0.39, 0.29) is 19.3 Å². The van der Waals surface area contributed by atoms with Crippen molar-refractivity contribution in [2.45, 2.75) is 78.6 Å². The van der Waals surface area contributed by atoms with E-state index in [9.17, 15) is 29.7 Å². The number of carboxylic acid groups (broad SMARTS) is 3. The molecular formula is C15H28O7Ti. The zero-order chi connectivity index (χ0) is 19.1. The zero-order valence-electron chi connectivity index (χ0n) is 14.3. The quantitative estimate of drug-likeness (QED) is 0.526. The van der Waals surface area contributed by atoms with Crippen LogP contribution < -0.4 is 15.3 Å². The van der Waals surface area contributed by atoms with Crippen molar-refractivity contribution in [1.82, 2.24) is 0 Å². The molecule has 1 N–H and O–H groups in total. The molecule has 0 radical (unpaired) electrons. The minimum atomic E-state index is -0.943. The third kappa shape index (κ3) is 62.5. The van der Waals surface area contributed by atoms with Gasteiger partial charge in [-0.25, -0.2) is 0 Å². The molecule has 8 heteroatoms. The summed E-state index contributed by atoms with van der Waals surface area (Å²) < 4.78 is 7.00. The first-order valence-corrected chi connectivity index (χ1v) is 8.33. The second kappa shape index (κ2) is 29.1. The molecule has 0 aliphatic rings. The van der Waals surface area contributed by atoms with Crippen LogP contribution in [0.5, 0.6) is 0 Å². The van der Waals surface area contributed by atoms with E-state index in [2.05, 4.69) is 0 Å². The van der Waals surface area contributed by atoms with E-state index in [4.69, 9.17) is 3.69 Å². The maximum absolute atomic E-state index is 9.65. The molecule has 7 nitrogen and oxygen atoms in total. The van der Waals surface area contributed by atoms with Crippen molar-refractivity contribution in [2.75, 3.05) is 0 Å². The fourth-order valence-electron chi connectivity index (χ4n) is 0.963. The van der Waals surface area contributed by atoms with Crippen LogP contribution in [-0.2, 0) is 35.2 Å². The van der Waals surface area contributed by atoms with Crippen molar-refractivity contribution < 1.29 is 54.2 Å². The number of carboxylic acids is 3. The van der Waals surface area contributed by atoms with Crippen molar-refractivity contribution in [1.29, 1.82) is 0 Å². The molecule has 23 heavy (non-hydrogen) atoms. The fraction of sp³-hybridized carbons (Fsp3) is 0.800. The number of rotatable bonds is 9. The molecule has 0 amide bonds. The van der Waals surface area contributed by atoms with Crippen molar-refractivity contribution >= 4 is 17.9 Å². The molecule has 0 aromatic carbocycles. The Bertz CT molecular complexity index is 228. The Morgan fingerprint density at radius 1 is 0.652 bits per heavy atom. The first-order valence-electron chi connectivity index (χ1n) is 7.63. The molecule has 0 aliphatic heterocycles. The second-order valence-corrected chi connectivity index (χ2v) is 4.43. The van der Waals surface area contributed by atoms with Crippen LogP contribution in [0.4, 0.5) is 0 Å². The number of aliphatic carboxylic acids is 3. The maximum atomic E-state index is 9.65. The van der Waals surface area contributed by atoms with Gasteiger partial charge in [0.2, 0.25) is 0 Å². The SMILES string of the molecule is CCCCC(=O)[O-].CCCCC(=O)[O-].CCCCC(=O)[O-].[OH][Ti+3]. The van der Waals surface area contributed by atoms with E-state index in [0.29, 0.717) is 0 Å². The summed E-state index contributed by atoms with van der Waals surface area (Å²) in [5.41, 5.74) is 0. The Kier molecular flexibility index (Phi) is 38.0. The molecule has 134 valence electrons. The number of unbranched alkanes of at least 4 members (excludes halogenated alkanes) is 3. The Balaban J connectivity index is -0.000000111. The molecule has 0 heterocycles. The summed E-state index contributed by atoms with van der Waals surface area (Å²) in [6, 6.07) is 0. The average molecular weight is 368 g/mol. The summed E-state index contributed by atoms with van der Waals surface area (Å²) in [7, 11) is 0. The minimum absolute atomic E-state index is 0.205. The predicted molar refractivity (Wildman–Crippen MR) is 75.8 cm³/mol. The van der Waals surface area contributed by atoms with Gasteiger partial charge in [-0.05, 0) is 38.5 Å². The fourth-order valence-corrected chi connectivity index (χ4v) is 0.963. The van der Waals surface area contributed by atoms with Gasteiger partial charge < -0.3 is 29.7 Å². The molecule has 0 rings (SSSR count). The van der Waals surface area contributed by atoms with Gasteiger partial charge in [0.15, 0.2) is 0 Å². The van der Waals surface area contributed by atoms with Crippen LogP contribution in [0.1, 0.15) is 78.6 Å². The molecule has 0 unspecified atom stereocenters. The summed E-state index contributed by atoms with van der Waals surface area (Å²) in [6.45, 7) is 5.84. The molecule has 0 fully saturated rings. The normalized spacial score (nSPS) is 8.26. The Morgan fingerprint density at radius 2 is 0.826 bits per heavy atom. The van der Waals surface area contributed by atoms with E-state index in [1.807, 2.05) is 20.8 Å². The topological polar surface area (TPSA) is 141 Å². The van der Waals surface area contributed by atoms with Gasteiger partial charge in [-0.15, -0.1) is 0 Å². The van der Waals surface area contributed by atoms with Crippen LogP contribution in [0.3, 0.4) is 0 Å². The molecule has 0 aromatic rings. The van der Waals surface area contributed by atoms with Gasteiger partial charge in [-0.3, -0.25) is 0 Å². The van der Waals surface area contributed by atoms with Crippen molar-refractivity contribution in [3.63, 3.8) is 0 Å². The Hall–Kier alpha value is -0.916. The summed E-state index contributed by atoms with van der Waals surface area (Å²) >= 11 is 1.00. The molecule has 0 aromatic heterocycles. The van der Waals surface area contributed by atoms with Crippen LogP contribution in [0.25, 0.3) is 0 Å². The summed E-state index contributed by atoms with van der Waals surface area (Å²) in [5, 5.41) is 28.9. The summed E-state index contributed by atoms with van der Waals surface area (Å²) in [4.78, 5) is 28.9. The second-order valence-electron chi connectivity index (χ2n) is 4.43. The van der Waals surface area contributed by atoms with Gasteiger partial charge in [-0.2, -0.15) is 0 Å². The molecule has 0 spiro atoms. The number of carbonyl (C=O) groups is 3. The number of carbonyl (C=O) groups excluding carboxylic acids is 3. The van der Waals surface area contributed by atoms with E-state index in [1.165, 1.54) is 0 Å². The van der Waals surface area contributed by atoms with E-state index < -0.39 is 17.9 Å². The molecule has 0 saturated heterocycles. The van der Waals surface area contributed by atoms with Crippen LogP contribution in [0.15, 0.2) is 0 Å². The van der Waals surface area contributed by atoms with Crippen molar-refractivity contribution in [3.05, 3.63) is 0 Å². The van der Waals surface area contributed by atoms with E-state index >= 15 is 0 Å². The molecular weight excluding hydrogens is 340 g/mol. The first kappa shape index (κ1) is 30.0. The molecule has 0 bridgehead atoms. The summed E-state index contributed by atoms with van der Waals surface area (Å²) in [6.07, 6.45) is 5.60.